The summed E-state index contributed by atoms with van der Waals surface area (Å²) < 4.78 is 13.7. The summed E-state index contributed by atoms with van der Waals surface area (Å²) >= 11 is 8.80. The molecule has 0 saturated heterocycles. The normalized spacial score (nSPS) is 11.4. The van der Waals surface area contributed by atoms with Gasteiger partial charge in [-0.2, -0.15) is 0 Å². The molecule has 0 aromatic heterocycles. The minimum absolute atomic E-state index is 0.205. The third-order valence-electron chi connectivity index (χ3n) is 2.46. The van der Waals surface area contributed by atoms with Crippen molar-refractivity contribution in [3.05, 3.63) is 28.0 Å². The van der Waals surface area contributed by atoms with Gasteiger partial charge in [0.2, 0.25) is 5.91 Å². The van der Waals surface area contributed by atoms with E-state index in [9.17, 15) is 9.18 Å². The highest BCUT2D eigenvalue weighted by Crippen LogP contribution is 2.26. The largest absolute Gasteiger partial charge is 0.325 e. The van der Waals surface area contributed by atoms with Crippen LogP contribution in [0.3, 0.4) is 0 Å². The fourth-order valence-electron chi connectivity index (χ4n) is 1.13. The van der Waals surface area contributed by atoms with Gasteiger partial charge in [0.15, 0.2) is 0 Å². The molecule has 0 radical (unpaired) electrons. The van der Waals surface area contributed by atoms with E-state index in [0.717, 1.165) is 5.56 Å². The number of halogens is 3. The van der Waals surface area contributed by atoms with Gasteiger partial charge in [-0.15, -0.1) is 11.6 Å². The standard InChI is InChI=1S/C12H14BrClFNO/c1-7-4-8(13)9(15)5-10(7)16-11(17)12(2,3)6-14/h4-5H,6H2,1-3H3,(H,16,17). The van der Waals surface area contributed by atoms with Crippen LogP contribution in [0.2, 0.25) is 0 Å². The van der Waals surface area contributed by atoms with Crippen molar-refractivity contribution in [2.24, 2.45) is 5.41 Å². The molecule has 0 bridgehead atoms. The first kappa shape index (κ1) is 14.5. The Bertz CT molecular complexity index is 448. The second-order valence-electron chi connectivity index (χ2n) is 4.55. The number of carbonyl (C=O) groups is 1. The van der Waals surface area contributed by atoms with Crippen molar-refractivity contribution in [2.75, 3.05) is 11.2 Å². The molecule has 0 saturated carbocycles. The topological polar surface area (TPSA) is 29.1 Å². The molecule has 1 amide bonds. The molecule has 0 atom stereocenters. The van der Waals surface area contributed by atoms with Crippen LogP contribution in [0.5, 0.6) is 0 Å². The van der Waals surface area contributed by atoms with E-state index in [0.29, 0.717) is 10.2 Å². The second kappa shape index (κ2) is 5.36. The summed E-state index contributed by atoms with van der Waals surface area (Å²) in [5, 5.41) is 2.69. The molecular formula is C12H14BrClFNO. The number of benzene rings is 1. The maximum Gasteiger partial charge on any atom is 0.231 e. The van der Waals surface area contributed by atoms with Gasteiger partial charge in [0.05, 0.1) is 9.89 Å². The molecule has 0 unspecified atom stereocenters. The van der Waals surface area contributed by atoms with Gasteiger partial charge in [0, 0.05) is 11.6 Å². The number of nitrogens with one attached hydrogen (secondary N) is 1. The zero-order chi connectivity index (χ0) is 13.2. The summed E-state index contributed by atoms with van der Waals surface area (Å²) in [5.41, 5.74) is 0.572. The Hall–Kier alpha value is -0.610. The molecule has 2 nitrogen and oxygen atoms in total. The van der Waals surface area contributed by atoms with Crippen LogP contribution in [0.25, 0.3) is 0 Å². The lowest BCUT2D eigenvalue weighted by Crippen LogP contribution is -2.32. The summed E-state index contributed by atoms with van der Waals surface area (Å²) in [6, 6.07) is 2.92. The molecule has 0 aliphatic heterocycles. The molecule has 1 rings (SSSR count). The van der Waals surface area contributed by atoms with Gasteiger partial charge in [-0.05, 0) is 54.4 Å². The van der Waals surface area contributed by atoms with Crippen LogP contribution in [0.4, 0.5) is 10.1 Å². The lowest BCUT2D eigenvalue weighted by atomic mass is 9.95. The van der Waals surface area contributed by atoms with Gasteiger partial charge in [0.1, 0.15) is 5.82 Å². The summed E-state index contributed by atoms with van der Waals surface area (Å²) in [7, 11) is 0. The first-order valence-electron chi connectivity index (χ1n) is 5.11. The molecule has 1 aromatic rings. The van der Waals surface area contributed by atoms with E-state index >= 15 is 0 Å². The number of aryl methyl sites for hydroxylation is 1. The van der Waals surface area contributed by atoms with Crippen molar-refractivity contribution < 1.29 is 9.18 Å². The molecule has 17 heavy (non-hydrogen) atoms. The molecule has 0 aliphatic rings. The molecule has 1 aromatic carbocycles. The second-order valence-corrected chi connectivity index (χ2v) is 5.67. The Balaban J connectivity index is 2.97. The van der Waals surface area contributed by atoms with E-state index < -0.39 is 11.2 Å². The van der Waals surface area contributed by atoms with Gasteiger partial charge < -0.3 is 5.32 Å². The fourth-order valence-corrected chi connectivity index (χ4v) is 1.71. The molecule has 94 valence electrons. The predicted octanol–water partition coefficient (Wildman–Crippen LogP) is 4.10. The van der Waals surface area contributed by atoms with Crippen molar-refractivity contribution in [2.45, 2.75) is 20.8 Å². The van der Waals surface area contributed by atoms with E-state index in [-0.39, 0.29) is 11.8 Å². The molecule has 5 heteroatoms. The molecule has 0 fully saturated rings. The Morgan fingerprint density at radius 3 is 2.65 bits per heavy atom. The Labute approximate surface area is 114 Å². The first-order valence-corrected chi connectivity index (χ1v) is 6.44. The lowest BCUT2D eigenvalue weighted by molar-refractivity contribution is -0.122. The Morgan fingerprint density at radius 2 is 2.12 bits per heavy atom. The summed E-state index contributed by atoms with van der Waals surface area (Å²) in [4.78, 5) is 11.9. The average molecular weight is 323 g/mol. The molecular weight excluding hydrogens is 308 g/mol. The zero-order valence-corrected chi connectivity index (χ0v) is 12.2. The Morgan fingerprint density at radius 1 is 1.53 bits per heavy atom. The number of carbonyl (C=O) groups excluding carboxylic acids is 1. The molecule has 0 spiro atoms. The van der Waals surface area contributed by atoms with Crippen LogP contribution < -0.4 is 5.32 Å². The minimum atomic E-state index is -0.683. The van der Waals surface area contributed by atoms with Crippen LogP contribution in [-0.4, -0.2) is 11.8 Å². The van der Waals surface area contributed by atoms with Gasteiger partial charge >= 0.3 is 0 Å². The fraction of sp³-hybridized carbons (Fsp3) is 0.417. The average Bonchev–Trinajstić information content (AvgIpc) is 2.25. The number of hydrogen-bond acceptors (Lipinski definition) is 1. The van der Waals surface area contributed by atoms with E-state index in [1.54, 1.807) is 26.8 Å². The smallest absolute Gasteiger partial charge is 0.231 e. The van der Waals surface area contributed by atoms with Crippen molar-refractivity contribution in [1.29, 1.82) is 0 Å². The zero-order valence-electron chi connectivity index (χ0n) is 9.90. The SMILES string of the molecule is Cc1cc(Br)c(F)cc1NC(=O)C(C)(C)CCl. The molecule has 0 aliphatic carbocycles. The quantitative estimate of drug-likeness (QED) is 0.834. The number of alkyl halides is 1. The highest BCUT2D eigenvalue weighted by molar-refractivity contribution is 9.10. The number of anilines is 1. The van der Waals surface area contributed by atoms with Crippen LogP contribution in [0.1, 0.15) is 19.4 Å². The summed E-state index contributed by atoms with van der Waals surface area (Å²) in [5.74, 6) is -0.427. The first-order chi connectivity index (χ1) is 7.77. The third-order valence-corrected chi connectivity index (χ3v) is 3.74. The summed E-state index contributed by atoms with van der Waals surface area (Å²) in [6.45, 7) is 5.27. The maximum absolute atomic E-state index is 13.4. The van der Waals surface area contributed by atoms with Crippen molar-refractivity contribution in [3.8, 4) is 0 Å². The van der Waals surface area contributed by atoms with Gasteiger partial charge in [-0.25, -0.2) is 4.39 Å². The minimum Gasteiger partial charge on any atom is -0.325 e. The summed E-state index contributed by atoms with van der Waals surface area (Å²) in [6.07, 6.45) is 0. The third kappa shape index (κ3) is 3.42. The highest BCUT2D eigenvalue weighted by Gasteiger charge is 2.27. The van der Waals surface area contributed by atoms with Gasteiger partial charge in [-0.3, -0.25) is 4.79 Å². The molecule has 1 N–H and O–H groups in total. The monoisotopic (exact) mass is 321 g/mol. The van der Waals surface area contributed by atoms with E-state index in [1.807, 2.05) is 0 Å². The van der Waals surface area contributed by atoms with Crippen LogP contribution in [-0.2, 0) is 4.79 Å². The number of rotatable bonds is 3. The van der Waals surface area contributed by atoms with Gasteiger partial charge in [-0.1, -0.05) is 0 Å². The van der Waals surface area contributed by atoms with Crippen molar-refractivity contribution in [1.82, 2.24) is 0 Å². The van der Waals surface area contributed by atoms with Crippen LogP contribution >= 0.6 is 27.5 Å². The highest BCUT2D eigenvalue weighted by atomic mass is 79.9. The van der Waals surface area contributed by atoms with E-state index in [1.165, 1.54) is 6.07 Å². The van der Waals surface area contributed by atoms with Crippen molar-refractivity contribution in [3.63, 3.8) is 0 Å². The Kier molecular flexibility index (Phi) is 4.55. The maximum atomic E-state index is 13.4. The van der Waals surface area contributed by atoms with Crippen LogP contribution in [0.15, 0.2) is 16.6 Å². The number of amides is 1. The molecule has 0 heterocycles. The van der Waals surface area contributed by atoms with E-state index in [2.05, 4.69) is 21.2 Å². The van der Waals surface area contributed by atoms with Gasteiger partial charge in [0.25, 0.3) is 0 Å². The lowest BCUT2D eigenvalue weighted by Gasteiger charge is -2.21. The predicted molar refractivity (Wildman–Crippen MR) is 72.0 cm³/mol. The number of hydrogen-bond donors (Lipinski definition) is 1. The van der Waals surface area contributed by atoms with Crippen LogP contribution in [0, 0.1) is 18.2 Å². The van der Waals surface area contributed by atoms with Crippen molar-refractivity contribution >= 4 is 39.1 Å². The van der Waals surface area contributed by atoms with E-state index in [4.69, 9.17) is 11.6 Å².